The third-order valence-electron chi connectivity index (χ3n) is 3.56. The standard InChI is InChI=1S/C20H27NO2/c1-3-22-12-6-11-21-15-18-8-5-10-20(14-18)23-16-19-9-4-7-17(2)13-19/h4-5,7-10,13-14,21H,3,6,11-12,15-16H2,1-2H3. The first-order valence-corrected chi connectivity index (χ1v) is 8.33. The molecule has 0 saturated heterocycles. The summed E-state index contributed by atoms with van der Waals surface area (Å²) in [7, 11) is 0. The SMILES string of the molecule is CCOCCCNCc1cccc(OCc2cccc(C)c2)c1. The van der Waals surface area contributed by atoms with Crippen LogP contribution in [0.2, 0.25) is 0 Å². The quantitative estimate of drug-likeness (QED) is 0.670. The third-order valence-corrected chi connectivity index (χ3v) is 3.56. The van der Waals surface area contributed by atoms with Crippen LogP contribution < -0.4 is 10.1 Å². The Kier molecular flexibility index (Phi) is 7.64. The molecule has 0 fully saturated rings. The lowest BCUT2D eigenvalue weighted by atomic mass is 10.1. The molecule has 0 unspecified atom stereocenters. The van der Waals surface area contributed by atoms with Gasteiger partial charge < -0.3 is 14.8 Å². The molecule has 3 nitrogen and oxygen atoms in total. The van der Waals surface area contributed by atoms with Gasteiger partial charge in [-0.05, 0) is 50.1 Å². The van der Waals surface area contributed by atoms with E-state index in [9.17, 15) is 0 Å². The van der Waals surface area contributed by atoms with Crippen LogP contribution in [0.4, 0.5) is 0 Å². The first-order chi connectivity index (χ1) is 11.3. The molecule has 2 aromatic carbocycles. The van der Waals surface area contributed by atoms with Gasteiger partial charge in [-0.3, -0.25) is 0 Å². The van der Waals surface area contributed by atoms with Crippen LogP contribution in [0.3, 0.4) is 0 Å². The van der Waals surface area contributed by atoms with Gasteiger partial charge in [-0.1, -0.05) is 42.0 Å². The van der Waals surface area contributed by atoms with E-state index in [0.717, 1.165) is 38.5 Å². The highest BCUT2D eigenvalue weighted by atomic mass is 16.5. The molecule has 1 N–H and O–H groups in total. The van der Waals surface area contributed by atoms with Gasteiger partial charge in [-0.15, -0.1) is 0 Å². The second kappa shape index (κ2) is 10.0. The summed E-state index contributed by atoms with van der Waals surface area (Å²) >= 11 is 0. The van der Waals surface area contributed by atoms with Crippen molar-refractivity contribution >= 4 is 0 Å². The Labute approximate surface area is 139 Å². The molecule has 3 heteroatoms. The molecule has 124 valence electrons. The minimum Gasteiger partial charge on any atom is -0.489 e. The first-order valence-electron chi connectivity index (χ1n) is 8.33. The van der Waals surface area contributed by atoms with Crippen molar-refractivity contribution in [3.05, 3.63) is 65.2 Å². The topological polar surface area (TPSA) is 30.5 Å². The molecule has 2 aromatic rings. The zero-order chi connectivity index (χ0) is 16.3. The minimum atomic E-state index is 0.604. The number of hydrogen-bond donors (Lipinski definition) is 1. The Morgan fingerprint density at radius 1 is 1.00 bits per heavy atom. The number of ether oxygens (including phenoxy) is 2. The summed E-state index contributed by atoms with van der Waals surface area (Å²) in [6.07, 6.45) is 1.04. The summed E-state index contributed by atoms with van der Waals surface area (Å²) in [5, 5.41) is 3.43. The molecule has 0 heterocycles. The van der Waals surface area contributed by atoms with E-state index in [4.69, 9.17) is 9.47 Å². The molecular formula is C20H27NO2. The molecule has 0 aliphatic heterocycles. The van der Waals surface area contributed by atoms with Crippen molar-refractivity contribution in [1.82, 2.24) is 5.32 Å². The maximum atomic E-state index is 5.90. The number of benzene rings is 2. The summed E-state index contributed by atoms with van der Waals surface area (Å²) in [6, 6.07) is 16.7. The molecule has 0 amide bonds. The normalized spacial score (nSPS) is 10.7. The first kappa shape index (κ1) is 17.5. The van der Waals surface area contributed by atoms with Crippen LogP contribution in [-0.2, 0) is 17.9 Å². The van der Waals surface area contributed by atoms with Crippen molar-refractivity contribution in [1.29, 1.82) is 0 Å². The lowest BCUT2D eigenvalue weighted by molar-refractivity contribution is 0.144. The van der Waals surface area contributed by atoms with Crippen LogP contribution in [-0.4, -0.2) is 19.8 Å². The van der Waals surface area contributed by atoms with E-state index in [-0.39, 0.29) is 0 Å². The van der Waals surface area contributed by atoms with Crippen molar-refractivity contribution in [3.63, 3.8) is 0 Å². The van der Waals surface area contributed by atoms with Crippen LogP contribution in [0.15, 0.2) is 48.5 Å². The summed E-state index contributed by atoms with van der Waals surface area (Å²) < 4.78 is 11.2. The fourth-order valence-corrected chi connectivity index (χ4v) is 2.39. The number of nitrogens with one attached hydrogen (secondary N) is 1. The van der Waals surface area contributed by atoms with Gasteiger partial charge in [0.2, 0.25) is 0 Å². The van der Waals surface area contributed by atoms with E-state index in [1.54, 1.807) is 0 Å². The van der Waals surface area contributed by atoms with Gasteiger partial charge in [-0.2, -0.15) is 0 Å². The van der Waals surface area contributed by atoms with E-state index < -0.39 is 0 Å². The molecule has 0 bridgehead atoms. The molecule has 0 radical (unpaired) electrons. The summed E-state index contributed by atoms with van der Waals surface area (Å²) in [5.74, 6) is 0.917. The molecule has 0 aliphatic carbocycles. The van der Waals surface area contributed by atoms with E-state index in [1.807, 2.05) is 19.1 Å². The number of hydrogen-bond acceptors (Lipinski definition) is 3. The molecule has 0 spiro atoms. The van der Waals surface area contributed by atoms with Crippen molar-refractivity contribution in [2.75, 3.05) is 19.8 Å². The zero-order valence-electron chi connectivity index (χ0n) is 14.2. The van der Waals surface area contributed by atoms with Crippen molar-refractivity contribution in [2.45, 2.75) is 33.4 Å². The average Bonchev–Trinajstić information content (AvgIpc) is 2.57. The van der Waals surface area contributed by atoms with E-state index in [1.165, 1.54) is 16.7 Å². The Morgan fingerprint density at radius 2 is 1.83 bits per heavy atom. The Morgan fingerprint density at radius 3 is 2.65 bits per heavy atom. The monoisotopic (exact) mass is 313 g/mol. The van der Waals surface area contributed by atoms with Gasteiger partial charge in [0.15, 0.2) is 0 Å². The van der Waals surface area contributed by atoms with Crippen LogP contribution in [0.5, 0.6) is 5.75 Å². The van der Waals surface area contributed by atoms with Crippen LogP contribution in [0, 0.1) is 6.92 Å². The van der Waals surface area contributed by atoms with Gasteiger partial charge in [0.05, 0.1) is 0 Å². The number of rotatable bonds is 10. The van der Waals surface area contributed by atoms with Gasteiger partial charge in [0.1, 0.15) is 12.4 Å². The summed E-state index contributed by atoms with van der Waals surface area (Å²) in [6.45, 7) is 8.16. The Bertz CT molecular complexity index is 583. The van der Waals surface area contributed by atoms with Crippen LogP contribution in [0.1, 0.15) is 30.0 Å². The van der Waals surface area contributed by atoms with E-state index >= 15 is 0 Å². The molecule has 0 atom stereocenters. The van der Waals surface area contributed by atoms with E-state index in [2.05, 4.69) is 48.6 Å². The van der Waals surface area contributed by atoms with Crippen LogP contribution in [0.25, 0.3) is 0 Å². The van der Waals surface area contributed by atoms with Crippen molar-refractivity contribution in [3.8, 4) is 5.75 Å². The molecule has 0 aromatic heterocycles. The maximum absolute atomic E-state index is 5.90. The molecule has 23 heavy (non-hydrogen) atoms. The zero-order valence-corrected chi connectivity index (χ0v) is 14.2. The summed E-state index contributed by atoms with van der Waals surface area (Å²) in [4.78, 5) is 0. The highest BCUT2D eigenvalue weighted by Crippen LogP contribution is 2.15. The smallest absolute Gasteiger partial charge is 0.120 e. The maximum Gasteiger partial charge on any atom is 0.120 e. The third kappa shape index (κ3) is 6.85. The fraction of sp³-hybridized carbons (Fsp3) is 0.400. The van der Waals surface area contributed by atoms with Crippen molar-refractivity contribution < 1.29 is 9.47 Å². The Balaban J connectivity index is 1.75. The predicted octanol–water partition coefficient (Wildman–Crippen LogP) is 4.09. The fourth-order valence-electron chi connectivity index (χ4n) is 2.39. The summed E-state index contributed by atoms with van der Waals surface area (Å²) in [5.41, 5.74) is 3.70. The predicted molar refractivity (Wildman–Crippen MR) is 94.8 cm³/mol. The molecule has 0 saturated carbocycles. The highest BCUT2D eigenvalue weighted by molar-refractivity contribution is 5.29. The molecular weight excluding hydrogens is 286 g/mol. The van der Waals surface area contributed by atoms with Crippen LogP contribution >= 0.6 is 0 Å². The second-order valence-electron chi connectivity index (χ2n) is 5.65. The molecule has 0 aliphatic rings. The largest absolute Gasteiger partial charge is 0.489 e. The Hall–Kier alpha value is -1.84. The lowest BCUT2D eigenvalue weighted by Crippen LogP contribution is -2.16. The van der Waals surface area contributed by atoms with Gasteiger partial charge in [0, 0.05) is 19.8 Å². The molecule has 2 rings (SSSR count). The number of aryl methyl sites for hydroxylation is 1. The highest BCUT2D eigenvalue weighted by Gasteiger charge is 1.99. The lowest BCUT2D eigenvalue weighted by Gasteiger charge is -2.09. The second-order valence-corrected chi connectivity index (χ2v) is 5.65. The van der Waals surface area contributed by atoms with E-state index in [0.29, 0.717) is 6.61 Å². The van der Waals surface area contributed by atoms with Gasteiger partial charge >= 0.3 is 0 Å². The average molecular weight is 313 g/mol. The van der Waals surface area contributed by atoms with Crippen molar-refractivity contribution in [2.24, 2.45) is 0 Å². The van der Waals surface area contributed by atoms with Gasteiger partial charge in [-0.25, -0.2) is 0 Å². The minimum absolute atomic E-state index is 0.604. The van der Waals surface area contributed by atoms with Gasteiger partial charge in [0.25, 0.3) is 0 Å².